The van der Waals surface area contributed by atoms with Gasteiger partial charge in [-0.2, -0.15) is 0 Å². The fraction of sp³-hybridized carbons (Fsp3) is 0.240. The predicted molar refractivity (Wildman–Crippen MR) is 117 cm³/mol. The monoisotopic (exact) mass is 421 g/mol. The lowest BCUT2D eigenvalue weighted by molar-refractivity contribution is -0.141. The number of rotatable bonds is 3. The summed E-state index contributed by atoms with van der Waals surface area (Å²) in [5.41, 5.74) is 3.44. The van der Waals surface area contributed by atoms with Gasteiger partial charge < -0.3 is 0 Å². The summed E-state index contributed by atoms with van der Waals surface area (Å²) in [5, 5.41) is 5.52. The number of allylic oxidation sites excluding steroid dienone is 2. The molecule has 4 aromatic rings. The van der Waals surface area contributed by atoms with E-state index in [1.165, 1.54) is 4.90 Å². The molecular formula is C25H19N5O2. The Kier molecular flexibility index (Phi) is 3.51. The molecule has 0 radical (unpaired) electrons. The smallest absolute Gasteiger partial charge is 0.234 e. The van der Waals surface area contributed by atoms with Crippen molar-refractivity contribution in [2.75, 3.05) is 0 Å². The van der Waals surface area contributed by atoms with Crippen molar-refractivity contribution in [3.63, 3.8) is 0 Å². The summed E-state index contributed by atoms with van der Waals surface area (Å²) >= 11 is 0. The van der Waals surface area contributed by atoms with E-state index in [1.807, 2.05) is 48.5 Å². The van der Waals surface area contributed by atoms with E-state index in [1.54, 1.807) is 10.8 Å². The Balaban J connectivity index is 1.16. The summed E-state index contributed by atoms with van der Waals surface area (Å²) in [6, 6.07) is 15.6. The van der Waals surface area contributed by atoms with Gasteiger partial charge in [0, 0.05) is 10.9 Å². The molecule has 7 nitrogen and oxygen atoms in total. The zero-order valence-corrected chi connectivity index (χ0v) is 17.1. The standard InChI is InChI=1S/C25H19N5O2/c31-24-20-16-9-10-17(11-16)21(20)25(32)29(24)12-14-5-7-15(8-6-14)22-27-23-18-3-1-2-4-19(18)26-13-30(23)28-22/h1-10,13,16-17,20-21H,11-12H2/t16-,17-,20-,21-/m0/s1. The van der Waals surface area contributed by atoms with Crippen LogP contribution in [0.15, 0.2) is 67.0 Å². The molecule has 4 atom stereocenters. The number of carbonyl (C=O) groups excluding carboxylic acids is 2. The van der Waals surface area contributed by atoms with E-state index in [9.17, 15) is 9.59 Å². The van der Waals surface area contributed by atoms with Crippen LogP contribution in [-0.4, -0.2) is 36.3 Å². The van der Waals surface area contributed by atoms with E-state index in [-0.39, 0.29) is 35.5 Å². The number of amides is 2. The number of para-hydroxylation sites is 1. The largest absolute Gasteiger partial charge is 0.278 e. The van der Waals surface area contributed by atoms with Crippen LogP contribution in [0.1, 0.15) is 12.0 Å². The summed E-state index contributed by atoms with van der Waals surface area (Å²) in [4.78, 5) is 36.5. The van der Waals surface area contributed by atoms with Crippen molar-refractivity contribution in [3.8, 4) is 11.4 Å². The molecule has 0 N–H and O–H groups in total. The number of benzene rings is 2. The molecule has 3 aliphatic rings. The van der Waals surface area contributed by atoms with Crippen molar-refractivity contribution in [2.24, 2.45) is 23.7 Å². The Hall–Kier alpha value is -3.87. The Bertz CT molecular complexity index is 1420. The number of carbonyl (C=O) groups is 2. The molecule has 3 heterocycles. The minimum absolute atomic E-state index is 0.0117. The Morgan fingerprint density at radius 3 is 2.38 bits per heavy atom. The highest BCUT2D eigenvalue weighted by molar-refractivity contribution is 6.06. The van der Waals surface area contributed by atoms with Gasteiger partial charge in [0.1, 0.15) is 6.33 Å². The number of aromatic nitrogens is 4. The van der Waals surface area contributed by atoms with Gasteiger partial charge in [-0.3, -0.25) is 14.5 Å². The molecule has 1 aliphatic heterocycles. The summed E-state index contributed by atoms with van der Waals surface area (Å²) in [6.45, 7) is 0.317. The van der Waals surface area contributed by atoms with E-state index >= 15 is 0 Å². The maximum absolute atomic E-state index is 12.9. The summed E-state index contributed by atoms with van der Waals surface area (Å²) in [6.07, 6.45) is 6.87. The summed E-state index contributed by atoms with van der Waals surface area (Å²) < 4.78 is 1.69. The molecule has 2 aromatic heterocycles. The van der Waals surface area contributed by atoms with Gasteiger partial charge >= 0.3 is 0 Å². The number of hydrogen-bond acceptors (Lipinski definition) is 5. The van der Waals surface area contributed by atoms with E-state index in [0.717, 1.165) is 34.1 Å². The first kappa shape index (κ1) is 17.8. The second-order valence-corrected chi connectivity index (χ2v) is 8.92. The minimum atomic E-state index is -0.151. The van der Waals surface area contributed by atoms with Crippen molar-refractivity contribution < 1.29 is 9.59 Å². The third-order valence-corrected chi connectivity index (χ3v) is 7.20. The zero-order valence-electron chi connectivity index (χ0n) is 17.1. The van der Waals surface area contributed by atoms with Crippen LogP contribution in [0, 0.1) is 23.7 Å². The first-order chi connectivity index (χ1) is 15.7. The molecule has 2 bridgehead atoms. The van der Waals surface area contributed by atoms with Gasteiger partial charge in [-0.05, 0) is 36.0 Å². The van der Waals surface area contributed by atoms with Crippen LogP contribution in [0.25, 0.3) is 27.9 Å². The zero-order chi connectivity index (χ0) is 21.4. The van der Waals surface area contributed by atoms with Crippen LogP contribution < -0.4 is 0 Å². The molecular weight excluding hydrogens is 402 g/mol. The number of hydrogen-bond donors (Lipinski definition) is 0. The molecule has 2 aromatic carbocycles. The average Bonchev–Trinajstić information content (AvgIpc) is 3.59. The third-order valence-electron chi connectivity index (χ3n) is 7.20. The number of nitrogens with zero attached hydrogens (tertiary/aromatic N) is 5. The van der Waals surface area contributed by atoms with Crippen LogP contribution in [0.2, 0.25) is 0 Å². The van der Waals surface area contributed by atoms with E-state index < -0.39 is 0 Å². The maximum atomic E-state index is 12.9. The van der Waals surface area contributed by atoms with Crippen LogP contribution in [0.3, 0.4) is 0 Å². The van der Waals surface area contributed by atoms with Gasteiger partial charge in [0.15, 0.2) is 11.5 Å². The van der Waals surface area contributed by atoms with E-state index in [2.05, 4.69) is 22.2 Å². The molecule has 7 heteroatoms. The summed E-state index contributed by atoms with van der Waals surface area (Å²) in [5.74, 6) is 0.760. The van der Waals surface area contributed by atoms with Crippen LogP contribution in [0.5, 0.6) is 0 Å². The number of likely N-dealkylation sites (tertiary alicyclic amines) is 1. The number of fused-ring (bicyclic) bond motifs is 8. The predicted octanol–water partition coefficient (Wildman–Crippen LogP) is 3.25. The third kappa shape index (κ3) is 2.39. The van der Waals surface area contributed by atoms with Gasteiger partial charge in [0.2, 0.25) is 11.8 Å². The second-order valence-electron chi connectivity index (χ2n) is 8.92. The molecule has 2 aliphatic carbocycles. The number of imide groups is 1. The quantitative estimate of drug-likeness (QED) is 0.375. The van der Waals surface area contributed by atoms with Gasteiger partial charge in [0.05, 0.1) is 23.9 Å². The van der Waals surface area contributed by atoms with Crippen LogP contribution in [-0.2, 0) is 16.1 Å². The molecule has 0 spiro atoms. The highest BCUT2D eigenvalue weighted by Gasteiger charge is 2.59. The highest BCUT2D eigenvalue weighted by Crippen LogP contribution is 2.52. The van der Waals surface area contributed by atoms with Crippen LogP contribution >= 0.6 is 0 Å². The lowest BCUT2D eigenvalue weighted by Gasteiger charge is -2.17. The van der Waals surface area contributed by atoms with E-state index in [4.69, 9.17) is 4.98 Å². The minimum Gasteiger partial charge on any atom is -0.278 e. The first-order valence-corrected chi connectivity index (χ1v) is 10.9. The fourth-order valence-electron chi connectivity index (χ4n) is 5.66. The topological polar surface area (TPSA) is 80.5 Å². The van der Waals surface area contributed by atoms with Crippen molar-refractivity contribution >= 4 is 28.4 Å². The molecule has 2 fully saturated rings. The van der Waals surface area contributed by atoms with Gasteiger partial charge in [-0.1, -0.05) is 48.6 Å². The van der Waals surface area contributed by atoms with Crippen molar-refractivity contribution in [3.05, 3.63) is 72.6 Å². The Morgan fingerprint density at radius 1 is 0.906 bits per heavy atom. The molecule has 156 valence electrons. The van der Waals surface area contributed by atoms with Gasteiger partial charge in [0.25, 0.3) is 0 Å². The highest BCUT2D eigenvalue weighted by atomic mass is 16.2. The van der Waals surface area contributed by atoms with Crippen molar-refractivity contribution in [1.29, 1.82) is 0 Å². The average molecular weight is 421 g/mol. The first-order valence-electron chi connectivity index (χ1n) is 10.9. The van der Waals surface area contributed by atoms with Crippen molar-refractivity contribution in [1.82, 2.24) is 24.5 Å². The molecule has 7 rings (SSSR count). The van der Waals surface area contributed by atoms with Gasteiger partial charge in [-0.25, -0.2) is 14.5 Å². The fourth-order valence-corrected chi connectivity index (χ4v) is 5.66. The molecule has 2 amide bonds. The summed E-state index contributed by atoms with van der Waals surface area (Å²) in [7, 11) is 0. The van der Waals surface area contributed by atoms with Crippen molar-refractivity contribution in [2.45, 2.75) is 13.0 Å². The maximum Gasteiger partial charge on any atom is 0.234 e. The lowest BCUT2D eigenvalue weighted by atomic mass is 9.85. The molecule has 1 saturated heterocycles. The molecule has 32 heavy (non-hydrogen) atoms. The van der Waals surface area contributed by atoms with Gasteiger partial charge in [-0.15, -0.1) is 5.10 Å². The van der Waals surface area contributed by atoms with E-state index in [0.29, 0.717) is 12.4 Å². The second kappa shape index (κ2) is 6.32. The molecule has 1 saturated carbocycles. The Labute approximate surface area is 183 Å². The lowest BCUT2D eigenvalue weighted by Crippen LogP contribution is -2.32. The Morgan fingerprint density at radius 2 is 1.62 bits per heavy atom. The van der Waals surface area contributed by atoms with Crippen LogP contribution in [0.4, 0.5) is 0 Å². The SMILES string of the molecule is O=C1[C@@H]2[C@@H](C(=O)N1Cc1ccc(-c3nc4c5ccccc5ncn4n3)cc1)[C@H]1C=C[C@H]2C1. The molecule has 0 unspecified atom stereocenters. The normalized spacial score (nSPS) is 26.1.